The van der Waals surface area contributed by atoms with Crippen LogP contribution in [0.15, 0.2) is 66.0 Å². The summed E-state index contributed by atoms with van der Waals surface area (Å²) in [6, 6.07) is 18.8. The number of carbonyl (C=O) groups excluding carboxylic acids is 1. The Balaban J connectivity index is 1.59. The van der Waals surface area contributed by atoms with E-state index in [9.17, 15) is 9.18 Å². The lowest BCUT2D eigenvalue weighted by molar-refractivity contribution is 0.0698. The molecule has 0 aliphatic carbocycles. The summed E-state index contributed by atoms with van der Waals surface area (Å²) in [7, 11) is 1.67. The Morgan fingerprint density at radius 1 is 1.12 bits per heavy atom. The summed E-state index contributed by atoms with van der Waals surface area (Å²) in [6.45, 7) is 8.13. The zero-order valence-corrected chi connectivity index (χ0v) is 20.9. The van der Waals surface area contributed by atoms with Crippen molar-refractivity contribution in [2.24, 2.45) is 11.8 Å². The van der Waals surface area contributed by atoms with Crippen molar-refractivity contribution in [2.75, 3.05) is 33.3 Å². The number of hydrogen-bond acceptors (Lipinski definition) is 4. The normalized spacial score (nSPS) is 18.4. The van der Waals surface area contributed by atoms with E-state index in [1.807, 2.05) is 17.0 Å². The van der Waals surface area contributed by atoms with E-state index in [1.165, 1.54) is 16.5 Å². The highest BCUT2D eigenvalue weighted by Crippen LogP contribution is 2.35. The fourth-order valence-corrected chi connectivity index (χ4v) is 5.64. The summed E-state index contributed by atoms with van der Waals surface area (Å²) in [5, 5.41) is 2.11. The topological polar surface area (TPSA) is 32.8 Å². The summed E-state index contributed by atoms with van der Waals surface area (Å²) in [6.07, 6.45) is 0. The number of amides is 1. The molecule has 6 heteroatoms. The van der Waals surface area contributed by atoms with Gasteiger partial charge >= 0.3 is 0 Å². The number of likely N-dealkylation sites (tertiary alicyclic amines) is 1. The number of halogens is 1. The maximum atomic E-state index is 14.5. The maximum Gasteiger partial charge on any atom is 0.256 e. The number of nitrogens with zero attached hydrogens (tertiary/aromatic N) is 2. The molecular formula is C28H33FN2O2S. The number of hydrogen-bond donors (Lipinski definition) is 0. The smallest absolute Gasteiger partial charge is 0.256 e. The van der Waals surface area contributed by atoms with Crippen LogP contribution in [0.5, 0.6) is 5.75 Å². The van der Waals surface area contributed by atoms with Crippen LogP contribution in [-0.4, -0.2) is 49.0 Å². The van der Waals surface area contributed by atoms with Gasteiger partial charge < -0.3 is 9.64 Å². The van der Waals surface area contributed by atoms with Gasteiger partial charge in [0.05, 0.1) is 12.7 Å². The summed E-state index contributed by atoms with van der Waals surface area (Å²) < 4.78 is 19.8. The van der Waals surface area contributed by atoms with Gasteiger partial charge in [0.1, 0.15) is 11.6 Å². The molecule has 2 aromatic carbocycles. The lowest BCUT2D eigenvalue weighted by Gasteiger charge is -2.30. The third-order valence-corrected chi connectivity index (χ3v) is 7.31. The van der Waals surface area contributed by atoms with Crippen LogP contribution >= 0.6 is 11.3 Å². The van der Waals surface area contributed by atoms with Crippen LogP contribution < -0.4 is 4.74 Å². The van der Waals surface area contributed by atoms with Crippen molar-refractivity contribution in [3.63, 3.8) is 0 Å². The molecule has 2 heterocycles. The molecule has 34 heavy (non-hydrogen) atoms. The van der Waals surface area contributed by atoms with E-state index in [2.05, 4.69) is 48.4 Å². The van der Waals surface area contributed by atoms with Crippen LogP contribution in [-0.2, 0) is 6.54 Å². The third kappa shape index (κ3) is 5.86. The van der Waals surface area contributed by atoms with Crippen LogP contribution in [0.25, 0.3) is 0 Å². The number of methoxy groups -OCH3 is 1. The minimum absolute atomic E-state index is 0.151. The van der Waals surface area contributed by atoms with E-state index in [1.54, 1.807) is 36.6 Å². The highest BCUT2D eigenvalue weighted by molar-refractivity contribution is 7.09. The van der Waals surface area contributed by atoms with Crippen molar-refractivity contribution in [3.8, 4) is 5.75 Å². The monoisotopic (exact) mass is 480 g/mol. The molecule has 4 nitrogen and oxygen atoms in total. The molecule has 1 aliphatic heterocycles. The Morgan fingerprint density at radius 3 is 2.53 bits per heavy atom. The SMILES string of the molecule is COc1ccc(C2CN(Cc3cccs3)CC2CN(CC(C)C)C(=O)c2ccccc2F)cc1. The van der Waals surface area contributed by atoms with E-state index >= 15 is 0 Å². The zero-order chi connectivity index (χ0) is 24.1. The lowest BCUT2D eigenvalue weighted by atomic mass is 9.88. The van der Waals surface area contributed by atoms with Gasteiger partial charge in [-0.2, -0.15) is 0 Å². The number of benzene rings is 2. The second-order valence-corrected chi connectivity index (χ2v) is 10.5. The van der Waals surface area contributed by atoms with Gasteiger partial charge in [-0.3, -0.25) is 9.69 Å². The molecule has 2 atom stereocenters. The number of rotatable bonds is 9. The molecular weight excluding hydrogens is 447 g/mol. The van der Waals surface area contributed by atoms with Crippen molar-refractivity contribution in [2.45, 2.75) is 26.3 Å². The highest BCUT2D eigenvalue weighted by atomic mass is 32.1. The summed E-state index contributed by atoms with van der Waals surface area (Å²) in [5.41, 5.74) is 1.40. The first kappa shape index (κ1) is 24.4. The minimum Gasteiger partial charge on any atom is -0.497 e. The van der Waals surface area contributed by atoms with Crippen molar-refractivity contribution < 1.29 is 13.9 Å². The first-order valence-electron chi connectivity index (χ1n) is 11.9. The standard InChI is InChI=1S/C28H33FN2O2S/c1-20(2)15-31(28(32)25-8-4-5-9-27(25)29)17-22-16-30(18-24-7-6-14-34-24)19-26(22)21-10-12-23(33-3)13-11-21/h4-14,20,22,26H,15-19H2,1-3H3. The van der Waals surface area contributed by atoms with Gasteiger partial charge in [-0.25, -0.2) is 4.39 Å². The molecule has 4 rings (SSSR count). The Bertz CT molecular complexity index is 1070. The third-order valence-electron chi connectivity index (χ3n) is 6.45. The molecule has 1 fully saturated rings. The molecule has 180 valence electrons. The van der Waals surface area contributed by atoms with Gasteiger partial charge in [-0.05, 0) is 53.1 Å². The largest absolute Gasteiger partial charge is 0.497 e. The van der Waals surface area contributed by atoms with Crippen LogP contribution in [0, 0.1) is 17.7 Å². The van der Waals surface area contributed by atoms with E-state index < -0.39 is 5.82 Å². The van der Waals surface area contributed by atoms with Gasteiger partial charge in [0.15, 0.2) is 0 Å². The molecule has 0 saturated carbocycles. The molecule has 3 aromatic rings. The summed E-state index contributed by atoms with van der Waals surface area (Å²) in [5.74, 6) is 0.983. The van der Waals surface area contributed by atoms with Gasteiger partial charge in [0.25, 0.3) is 5.91 Å². The Labute approximate surface area is 206 Å². The van der Waals surface area contributed by atoms with E-state index in [0.29, 0.717) is 19.0 Å². The molecule has 0 radical (unpaired) electrons. The van der Waals surface area contributed by atoms with Crippen molar-refractivity contribution in [1.29, 1.82) is 0 Å². The first-order valence-corrected chi connectivity index (χ1v) is 12.7. The van der Waals surface area contributed by atoms with Gasteiger partial charge in [0, 0.05) is 43.5 Å². The molecule has 0 N–H and O–H groups in total. The highest BCUT2D eigenvalue weighted by Gasteiger charge is 2.36. The van der Waals surface area contributed by atoms with Gasteiger partial charge in [0.2, 0.25) is 0 Å². The van der Waals surface area contributed by atoms with Crippen LogP contribution in [0.1, 0.15) is 40.6 Å². The number of carbonyl (C=O) groups is 1. The maximum absolute atomic E-state index is 14.5. The second kappa shape index (κ2) is 11.2. The van der Waals surface area contributed by atoms with E-state index in [0.717, 1.165) is 25.4 Å². The molecule has 0 spiro atoms. The van der Waals surface area contributed by atoms with E-state index in [4.69, 9.17) is 4.74 Å². The minimum atomic E-state index is -0.460. The number of ether oxygens (including phenoxy) is 1. The molecule has 1 aliphatic rings. The Hall–Kier alpha value is -2.70. The molecule has 1 aromatic heterocycles. The van der Waals surface area contributed by atoms with E-state index in [-0.39, 0.29) is 23.3 Å². The zero-order valence-electron chi connectivity index (χ0n) is 20.1. The molecule has 2 unspecified atom stereocenters. The van der Waals surface area contributed by atoms with Gasteiger partial charge in [-0.15, -0.1) is 11.3 Å². The van der Waals surface area contributed by atoms with Crippen molar-refractivity contribution in [1.82, 2.24) is 9.80 Å². The fraction of sp³-hybridized carbons (Fsp3) is 0.393. The average molecular weight is 481 g/mol. The quantitative estimate of drug-likeness (QED) is 0.382. The predicted octanol–water partition coefficient (Wildman–Crippen LogP) is 5.91. The van der Waals surface area contributed by atoms with Crippen molar-refractivity contribution >= 4 is 17.2 Å². The van der Waals surface area contributed by atoms with Crippen LogP contribution in [0.3, 0.4) is 0 Å². The fourth-order valence-electron chi connectivity index (χ4n) is 4.90. The average Bonchev–Trinajstić information content (AvgIpc) is 3.48. The lowest BCUT2D eigenvalue weighted by Crippen LogP contribution is -2.40. The molecule has 0 bridgehead atoms. The Kier molecular flexibility index (Phi) is 8.01. The van der Waals surface area contributed by atoms with Gasteiger partial charge in [-0.1, -0.05) is 44.2 Å². The second-order valence-electron chi connectivity index (χ2n) is 9.50. The summed E-state index contributed by atoms with van der Waals surface area (Å²) >= 11 is 1.77. The van der Waals surface area contributed by atoms with Crippen molar-refractivity contribution in [3.05, 3.63) is 87.9 Å². The van der Waals surface area contributed by atoms with Crippen LogP contribution in [0.4, 0.5) is 4.39 Å². The predicted molar refractivity (Wildman–Crippen MR) is 136 cm³/mol. The molecule has 1 saturated heterocycles. The summed E-state index contributed by atoms with van der Waals surface area (Å²) in [4.78, 5) is 19.1. The number of thiophene rings is 1. The first-order chi connectivity index (χ1) is 16.4. The van der Waals surface area contributed by atoms with Crippen LogP contribution in [0.2, 0.25) is 0 Å². The molecule has 1 amide bonds. The Morgan fingerprint density at radius 2 is 1.88 bits per heavy atom.